The van der Waals surface area contributed by atoms with Gasteiger partial charge >= 0.3 is 0 Å². The average Bonchev–Trinajstić information content (AvgIpc) is 2.42. The van der Waals surface area contributed by atoms with Crippen LogP contribution in [0.15, 0.2) is 36.4 Å². The fourth-order valence-corrected chi connectivity index (χ4v) is 2.29. The quantitative estimate of drug-likeness (QED) is 0.858. The van der Waals surface area contributed by atoms with Crippen molar-refractivity contribution in [2.24, 2.45) is 0 Å². The van der Waals surface area contributed by atoms with Gasteiger partial charge in [0.1, 0.15) is 17.5 Å². The van der Waals surface area contributed by atoms with Crippen molar-refractivity contribution in [2.45, 2.75) is 25.9 Å². The van der Waals surface area contributed by atoms with E-state index in [4.69, 9.17) is 11.6 Å². The molecule has 1 N–H and O–H groups in total. The van der Waals surface area contributed by atoms with Gasteiger partial charge in [-0.05, 0) is 43.2 Å². The summed E-state index contributed by atoms with van der Waals surface area (Å²) in [5.74, 6) is -1.50. The summed E-state index contributed by atoms with van der Waals surface area (Å²) in [5.41, 5.74) is 0.793. The highest BCUT2D eigenvalue weighted by atomic mass is 35.5. The lowest BCUT2D eigenvalue weighted by molar-refractivity contribution is 0.499. The standard InChI is InChI=1S/C16H15ClF3N/c1-10(7-13-15(19)3-2-4-16(13)20)21-9-11-5-6-12(18)8-14(11)17/h2-6,8,10,21H,7,9H2,1H3. The average molecular weight is 314 g/mol. The van der Waals surface area contributed by atoms with Crippen LogP contribution in [0, 0.1) is 17.5 Å². The number of hydrogen-bond acceptors (Lipinski definition) is 1. The van der Waals surface area contributed by atoms with Crippen LogP contribution in [0.25, 0.3) is 0 Å². The van der Waals surface area contributed by atoms with Gasteiger partial charge in [0.15, 0.2) is 0 Å². The van der Waals surface area contributed by atoms with Crippen molar-refractivity contribution in [2.75, 3.05) is 0 Å². The van der Waals surface area contributed by atoms with Crippen LogP contribution in [0.4, 0.5) is 13.2 Å². The Balaban J connectivity index is 1.97. The van der Waals surface area contributed by atoms with E-state index in [1.165, 1.54) is 30.3 Å². The zero-order valence-electron chi connectivity index (χ0n) is 11.5. The van der Waals surface area contributed by atoms with Crippen LogP contribution in [0.2, 0.25) is 5.02 Å². The van der Waals surface area contributed by atoms with Crippen molar-refractivity contribution < 1.29 is 13.2 Å². The summed E-state index contributed by atoms with van der Waals surface area (Å²) in [6, 6.07) is 7.80. The highest BCUT2D eigenvalue weighted by Crippen LogP contribution is 2.18. The Bertz CT molecular complexity index is 611. The first-order chi connectivity index (χ1) is 9.97. The Labute approximate surface area is 126 Å². The van der Waals surface area contributed by atoms with Crippen molar-refractivity contribution in [3.05, 3.63) is 70.0 Å². The Kier molecular flexibility index (Phi) is 5.26. The van der Waals surface area contributed by atoms with E-state index in [9.17, 15) is 13.2 Å². The van der Waals surface area contributed by atoms with Gasteiger partial charge in [0.2, 0.25) is 0 Å². The highest BCUT2D eigenvalue weighted by Gasteiger charge is 2.12. The number of rotatable bonds is 5. The first-order valence-electron chi connectivity index (χ1n) is 6.57. The molecule has 2 aromatic rings. The molecule has 5 heteroatoms. The Morgan fingerprint density at radius 2 is 1.76 bits per heavy atom. The number of benzene rings is 2. The maximum atomic E-state index is 13.6. The lowest BCUT2D eigenvalue weighted by Crippen LogP contribution is -2.28. The second-order valence-electron chi connectivity index (χ2n) is 4.92. The predicted octanol–water partition coefficient (Wildman–Crippen LogP) is 4.48. The maximum Gasteiger partial charge on any atom is 0.129 e. The van der Waals surface area contributed by atoms with Crippen molar-refractivity contribution in [3.8, 4) is 0 Å². The van der Waals surface area contributed by atoms with Gasteiger partial charge in [-0.15, -0.1) is 0 Å². The third kappa shape index (κ3) is 4.22. The molecule has 0 saturated carbocycles. The normalized spacial score (nSPS) is 12.4. The zero-order chi connectivity index (χ0) is 15.4. The van der Waals surface area contributed by atoms with Gasteiger partial charge in [-0.3, -0.25) is 0 Å². The molecular formula is C16H15ClF3N. The lowest BCUT2D eigenvalue weighted by atomic mass is 10.1. The summed E-state index contributed by atoms with van der Waals surface area (Å²) in [6.45, 7) is 2.22. The SMILES string of the molecule is CC(Cc1c(F)cccc1F)NCc1ccc(F)cc1Cl. The summed E-state index contributed by atoms with van der Waals surface area (Å²) >= 11 is 5.92. The van der Waals surface area contributed by atoms with Crippen molar-refractivity contribution in [1.82, 2.24) is 5.32 Å². The molecule has 0 bridgehead atoms. The van der Waals surface area contributed by atoms with Crippen LogP contribution in [0.3, 0.4) is 0 Å². The van der Waals surface area contributed by atoms with Gasteiger partial charge in [-0.25, -0.2) is 13.2 Å². The minimum atomic E-state index is -0.552. The van der Waals surface area contributed by atoms with Crippen LogP contribution < -0.4 is 5.32 Å². The zero-order valence-corrected chi connectivity index (χ0v) is 12.2. The molecule has 1 unspecified atom stereocenters. The third-order valence-electron chi connectivity index (χ3n) is 3.23. The van der Waals surface area contributed by atoms with E-state index < -0.39 is 17.5 Å². The number of halogens is 4. The molecule has 0 spiro atoms. The largest absolute Gasteiger partial charge is 0.310 e. The molecule has 0 fully saturated rings. The van der Waals surface area contributed by atoms with E-state index in [-0.39, 0.29) is 18.0 Å². The summed E-state index contributed by atoms with van der Waals surface area (Å²) in [7, 11) is 0. The molecule has 0 radical (unpaired) electrons. The van der Waals surface area contributed by atoms with Gasteiger partial charge in [0.05, 0.1) is 0 Å². The Hall–Kier alpha value is -1.52. The maximum absolute atomic E-state index is 13.6. The molecule has 2 aromatic carbocycles. The van der Waals surface area contributed by atoms with E-state index >= 15 is 0 Å². The molecule has 112 valence electrons. The molecule has 0 aliphatic rings. The summed E-state index contributed by atoms with van der Waals surface area (Å²) in [5, 5.41) is 3.45. The van der Waals surface area contributed by atoms with Crippen molar-refractivity contribution >= 4 is 11.6 Å². The predicted molar refractivity (Wildman–Crippen MR) is 77.8 cm³/mol. The van der Waals surface area contributed by atoms with Gasteiger partial charge in [-0.1, -0.05) is 23.7 Å². The smallest absolute Gasteiger partial charge is 0.129 e. The van der Waals surface area contributed by atoms with Crippen molar-refractivity contribution in [3.63, 3.8) is 0 Å². The molecule has 0 aliphatic heterocycles. The fraction of sp³-hybridized carbons (Fsp3) is 0.250. The molecule has 0 amide bonds. The molecule has 0 aliphatic carbocycles. The van der Waals surface area contributed by atoms with Gasteiger partial charge < -0.3 is 5.32 Å². The van der Waals surface area contributed by atoms with E-state index in [0.29, 0.717) is 11.6 Å². The summed E-state index contributed by atoms with van der Waals surface area (Å²) < 4.78 is 40.0. The topological polar surface area (TPSA) is 12.0 Å². The Morgan fingerprint density at radius 3 is 2.38 bits per heavy atom. The summed E-state index contributed by atoms with van der Waals surface area (Å²) in [4.78, 5) is 0. The molecule has 0 aromatic heterocycles. The number of nitrogens with one attached hydrogen (secondary N) is 1. The van der Waals surface area contributed by atoms with E-state index in [1.54, 1.807) is 6.07 Å². The first kappa shape index (κ1) is 15.9. The van der Waals surface area contributed by atoms with Crippen LogP contribution in [-0.4, -0.2) is 6.04 Å². The highest BCUT2D eigenvalue weighted by molar-refractivity contribution is 6.31. The molecule has 1 atom stereocenters. The van der Waals surface area contributed by atoms with Crippen LogP contribution in [-0.2, 0) is 13.0 Å². The van der Waals surface area contributed by atoms with Gasteiger partial charge in [0.25, 0.3) is 0 Å². The van der Waals surface area contributed by atoms with Crippen LogP contribution in [0.1, 0.15) is 18.1 Å². The molecule has 21 heavy (non-hydrogen) atoms. The molecule has 1 nitrogen and oxygen atoms in total. The first-order valence-corrected chi connectivity index (χ1v) is 6.95. The minimum absolute atomic E-state index is 0.0581. The molecular weight excluding hydrogens is 299 g/mol. The van der Waals surface area contributed by atoms with Crippen LogP contribution >= 0.6 is 11.6 Å². The number of hydrogen-bond donors (Lipinski definition) is 1. The van der Waals surface area contributed by atoms with E-state index in [1.807, 2.05) is 6.92 Å². The van der Waals surface area contributed by atoms with Crippen LogP contribution in [0.5, 0.6) is 0 Å². The molecule has 0 heterocycles. The van der Waals surface area contributed by atoms with Gasteiger partial charge in [-0.2, -0.15) is 0 Å². The monoisotopic (exact) mass is 313 g/mol. The molecule has 2 rings (SSSR count). The lowest BCUT2D eigenvalue weighted by Gasteiger charge is -2.15. The molecule has 0 saturated heterocycles. The second-order valence-corrected chi connectivity index (χ2v) is 5.33. The Morgan fingerprint density at radius 1 is 1.10 bits per heavy atom. The van der Waals surface area contributed by atoms with E-state index in [0.717, 1.165) is 5.56 Å². The van der Waals surface area contributed by atoms with Gasteiger partial charge in [0, 0.05) is 23.2 Å². The minimum Gasteiger partial charge on any atom is -0.310 e. The second kappa shape index (κ2) is 6.96. The van der Waals surface area contributed by atoms with Crippen molar-refractivity contribution in [1.29, 1.82) is 0 Å². The van der Waals surface area contributed by atoms with E-state index in [2.05, 4.69) is 5.32 Å². The third-order valence-corrected chi connectivity index (χ3v) is 3.58. The summed E-state index contributed by atoms with van der Waals surface area (Å²) in [6.07, 6.45) is 0.220. The fourth-order valence-electron chi connectivity index (χ4n) is 2.05.